The fourth-order valence-electron chi connectivity index (χ4n) is 3.40. The Labute approximate surface area is 175 Å². The maximum Gasteiger partial charge on any atom is 0.315 e. The van der Waals surface area contributed by atoms with E-state index in [0.717, 1.165) is 37.1 Å². The molecule has 28 heavy (non-hydrogen) atoms. The van der Waals surface area contributed by atoms with Gasteiger partial charge in [0.05, 0.1) is 6.04 Å². The molecule has 1 atom stereocenters. The third-order valence-electron chi connectivity index (χ3n) is 4.94. The van der Waals surface area contributed by atoms with E-state index in [0.29, 0.717) is 18.0 Å². The van der Waals surface area contributed by atoms with E-state index in [9.17, 15) is 9.59 Å². The summed E-state index contributed by atoms with van der Waals surface area (Å²) in [6, 6.07) is 8.90. The van der Waals surface area contributed by atoms with Crippen LogP contribution in [0.1, 0.15) is 49.3 Å². The first kappa shape index (κ1) is 20.7. The molecule has 5 nitrogen and oxygen atoms in total. The van der Waals surface area contributed by atoms with E-state index in [1.165, 1.54) is 12.8 Å². The number of carbonyl (C=O) groups is 2. The van der Waals surface area contributed by atoms with Crippen LogP contribution in [-0.2, 0) is 4.79 Å². The first-order valence-corrected chi connectivity index (χ1v) is 11.1. The molecule has 0 aliphatic carbocycles. The van der Waals surface area contributed by atoms with Crippen molar-refractivity contribution < 1.29 is 9.59 Å². The van der Waals surface area contributed by atoms with Crippen LogP contribution in [0.3, 0.4) is 0 Å². The Bertz CT molecular complexity index is 756. The molecular formula is C21H26ClN3O2S. The van der Waals surface area contributed by atoms with Crippen LogP contribution in [0.25, 0.3) is 0 Å². The Kier molecular flexibility index (Phi) is 7.74. The lowest BCUT2D eigenvalue weighted by molar-refractivity contribution is -0.131. The number of thiophene rings is 1. The standard InChI is InChI=1S/C21H26ClN3O2S/c22-18-7-5-16(6-8-18)20(17-10-14-28-15-17)24-21(27)23-11-9-19(26)25-12-3-1-2-4-13-25/h5-8,10,14-15,20H,1-4,9,11-13H2,(H2,23,24,27). The van der Waals surface area contributed by atoms with E-state index in [4.69, 9.17) is 11.6 Å². The van der Waals surface area contributed by atoms with Crippen LogP contribution in [-0.4, -0.2) is 36.5 Å². The zero-order valence-corrected chi connectivity index (χ0v) is 17.4. The number of likely N-dealkylation sites (tertiary alicyclic amines) is 1. The predicted octanol–water partition coefficient (Wildman–Crippen LogP) is 4.58. The molecule has 1 saturated heterocycles. The molecular weight excluding hydrogens is 394 g/mol. The number of rotatable bonds is 6. The molecule has 1 aromatic carbocycles. The summed E-state index contributed by atoms with van der Waals surface area (Å²) in [5.41, 5.74) is 1.97. The molecule has 2 heterocycles. The summed E-state index contributed by atoms with van der Waals surface area (Å²) in [7, 11) is 0. The molecule has 150 valence electrons. The molecule has 0 radical (unpaired) electrons. The van der Waals surface area contributed by atoms with Crippen molar-refractivity contribution in [3.8, 4) is 0 Å². The monoisotopic (exact) mass is 419 g/mol. The Balaban J connectivity index is 1.52. The Morgan fingerprint density at radius 1 is 1.04 bits per heavy atom. The SMILES string of the molecule is O=C(NCCC(=O)N1CCCCCC1)NC(c1ccc(Cl)cc1)c1ccsc1. The molecule has 3 amide bonds. The van der Waals surface area contributed by atoms with Crippen molar-refractivity contribution in [2.24, 2.45) is 0 Å². The smallest absolute Gasteiger partial charge is 0.315 e. The van der Waals surface area contributed by atoms with Gasteiger partial charge < -0.3 is 15.5 Å². The molecule has 0 bridgehead atoms. The summed E-state index contributed by atoms with van der Waals surface area (Å²) < 4.78 is 0. The van der Waals surface area contributed by atoms with Crippen LogP contribution in [0.15, 0.2) is 41.1 Å². The largest absolute Gasteiger partial charge is 0.343 e. The van der Waals surface area contributed by atoms with Crippen molar-refractivity contribution in [1.29, 1.82) is 0 Å². The third kappa shape index (κ3) is 5.97. The summed E-state index contributed by atoms with van der Waals surface area (Å²) in [5, 5.41) is 10.5. The molecule has 7 heteroatoms. The van der Waals surface area contributed by atoms with E-state index in [1.807, 2.05) is 46.0 Å². The minimum Gasteiger partial charge on any atom is -0.343 e. The highest BCUT2D eigenvalue weighted by atomic mass is 35.5. The highest BCUT2D eigenvalue weighted by Gasteiger charge is 2.18. The van der Waals surface area contributed by atoms with Gasteiger partial charge in [0.15, 0.2) is 0 Å². The van der Waals surface area contributed by atoms with E-state index in [-0.39, 0.29) is 18.0 Å². The van der Waals surface area contributed by atoms with Gasteiger partial charge in [-0.25, -0.2) is 4.79 Å². The number of benzene rings is 1. The molecule has 3 rings (SSSR count). The van der Waals surface area contributed by atoms with Crippen molar-refractivity contribution in [1.82, 2.24) is 15.5 Å². The van der Waals surface area contributed by atoms with Gasteiger partial charge in [0.25, 0.3) is 0 Å². The van der Waals surface area contributed by atoms with Crippen molar-refractivity contribution in [3.63, 3.8) is 0 Å². The third-order valence-corrected chi connectivity index (χ3v) is 5.89. The summed E-state index contributed by atoms with van der Waals surface area (Å²) in [5.74, 6) is 0.120. The zero-order valence-electron chi connectivity index (χ0n) is 15.8. The quantitative estimate of drug-likeness (QED) is 0.719. The minimum atomic E-state index is -0.283. The van der Waals surface area contributed by atoms with Crippen molar-refractivity contribution in [2.45, 2.75) is 38.1 Å². The first-order valence-electron chi connectivity index (χ1n) is 9.73. The van der Waals surface area contributed by atoms with Crippen LogP contribution in [0.5, 0.6) is 0 Å². The maximum absolute atomic E-state index is 12.4. The lowest BCUT2D eigenvalue weighted by atomic mass is 10.0. The summed E-state index contributed by atoms with van der Waals surface area (Å²) in [4.78, 5) is 26.7. The molecule has 2 N–H and O–H groups in total. The summed E-state index contributed by atoms with van der Waals surface area (Å²) in [6.07, 6.45) is 4.86. The molecule has 1 unspecified atom stereocenters. The topological polar surface area (TPSA) is 61.4 Å². The predicted molar refractivity (Wildman–Crippen MR) is 114 cm³/mol. The highest BCUT2D eigenvalue weighted by molar-refractivity contribution is 7.08. The number of nitrogens with one attached hydrogen (secondary N) is 2. The zero-order chi connectivity index (χ0) is 19.8. The van der Waals surface area contributed by atoms with Gasteiger partial charge in [-0.1, -0.05) is 36.6 Å². The van der Waals surface area contributed by atoms with Crippen molar-refractivity contribution in [2.75, 3.05) is 19.6 Å². The minimum absolute atomic E-state index is 0.120. The Morgan fingerprint density at radius 3 is 2.39 bits per heavy atom. The van der Waals surface area contributed by atoms with Gasteiger partial charge in [0, 0.05) is 31.1 Å². The summed E-state index contributed by atoms with van der Waals surface area (Å²) >= 11 is 7.57. The van der Waals surface area contributed by atoms with Crippen LogP contribution >= 0.6 is 22.9 Å². The van der Waals surface area contributed by atoms with Crippen molar-refractivity contribution in [3.05, 3.63) is 57.2 Å². The Hall–Kier alpha value is -2.05. The van der Waals surface area contributed by atoms with E-state index < -0.39 is 0 Å². The van der Waals surface area contributed by atoms with E-state index >= 15 is 0 Å². The highest BCUT2D eigenvalue weighted by Crippen LogP contribution is 2.25. The van der Waals surface area contributed by atoms with Crippen LogP contribution in [0.4, 0.5) is 4.79 Å². The van der Waals surface area contributed by atoms with Gasteiger partial charge in [-0.2, -0.15) is 11.3 Å². The van der Waals surface area contributed by atoms with Gasteiger partial charge in [-0.05, 0) is 52.9 Å². The van der Waals surface area contributed by atoms with Crippen LogP contribution < -0.4 is 10.6 Å². The molecule has 1 aromatic heterocycles. The fourth-order valence-corrected chi connectivity index (χ4v) is 4.21. The molecule has 0 saturated carbocycles. The lowest BCUT2D eigenvalue weighted by Crippen LogP contribution is -2.40. The second-order valence-electron chi connectivity index (χ2n) is 6.99. The lowest BCUT2D eigenvalue weighted by Gasteiger charge is -2.21. The Morgan fingerprint density at radius 2 is 1.75 bits per heavy atom. The number of urea groups is 1. The molecule has 1 aliphatic heterocycles. The molecule has 0 spiro atoms. The maximum atomic E-state index is 12.4. The number of hydrogen-bond acceptors (Lipinski definition) is 3. The van der Waals surface area contributed by atoms with Crippen LogP contribution in [0.2, 0.25) is 5.02 Å². The summed E-state index contributed by atoms with van der Waals surface area (Å²) in [6.45, 7) is 2.00. The van der Waals surface area contributed by atoms with Gasteiger partial charge in [-0.3, -0.25) is 4.79 Å². The number of carbonyl (C=O) groups excluding carboxylic acids is 2. The molecule has 2 aromatic rings. The molecule has 1 aliphatic rings. The second kappa shape index (κ2) is 10.5. The second-order valence-corrected chi connectivity index (χ2v) is 8.20. The van der Waals surface area contributed by atoms with E-state index in [1.54, 1.807) is 11.3 Å². The van der Waals surface area contributed by atoms with Gasteiger partial charge >= 0.3 is 6.03 Å². The first-order chi connectivity index (χ1) is 13.6. The normalized spacial score (nSPS) is 15.5. The fraction of sp³-hybridized carbons (Fsp3) is 0.429. The van der Waals surface area contributed by atoms with Gasteiger partial charge in [-0.15, -0.1) is 0 Å². The number of halogens is 1. The van der Waals surface area contributed by atoms with Gasteiger partial charge in [0.1, 0.15) is 0 Å². The van der Waals surface area contributed by atoms with E-state index in [2.05, 4.69) is 10.6 Å². The van der Waals surface area contributed by atoms with Crippen molar-refractivity contribution >= 4 is 34.9 Å². The van der Waals surface area contributed by atoms with Gasteiger partial charge in [0.2, 0.25) is 5.91 Å². The molecule has 1 fully saturated rings. The number of nitrogens with zero attached hydrogens (tertiary/aromatic N) is 1. The van der Waals surface area contributed by atoms with Crippen LogP contribution in [0, 0.1) is 0 Å². The average molecular weight is 420 g/mol. The average Bonchev–Trinajstić information content (AvgIpc) is 3.08. The number of hydrogen-bond donors (Lipinski definition) is 2. The number of amides is 3.